The highest BCUT2D eigenvalue weighted by molar-refractivity contribution is 5.73. The molecule has 2 fully saturated rings. The fourth-order valence-corrected chi connectivity index (χ4v) is 8.64. The van der Waals surface area contributed by atoms with Crippen molar-refractivity contribution in [3.8, 4) is 0 Å². The van der Waals surface area contributed by atoms with E-state index in [1.54, 1.807) is 0 Å². The van der Waals surface area contributed by atoms with E-state index < -0.39 is 0 Å². The van der Waals surface area contributed by atoms with Crippen LogP contribution in [0, 0.1) is 11.8 Å². The number of hydrogen-bond acceptors (Lipinski definition) is 7. The van der Waals surface area contributed by atoms with E-state index >= 15 is 0 Å². The largest absolute Gasteiger partial charge is 0.462 e. The fraction of sp³-hybridized carbons (Fsp3) is 0.947. The Hall–Kier alpha value is -1.18. The zero-order valence-electron chi connectivity index (χ0n) is 31.6. The third kappa shape index (κ3) is 11.5. The van der Waals surface area contributed by atoms with Gasteiger partial charge in [-0.1, -0.05) is 53.4 Å². The molecule has 7 heteroatoms. The second kappa shape index (κ2) is 17.3. The number of unbranched alkanes of at least 4 members (excludes halogenated alkanes) is 2. The Morgan fingerprint density at radius 2 is 0.911 bits per heavy atom. The Kier molecular flexibility index (Phi) is 15.4. The molecule has 0 N–H and O–H groups in total. The topological polar surface area (TPSA) is 68.3 Å². The van der Waals surface area contributed by atoms with Crippen molar-refractivity contribution in [2.45, 2.75) is 194 Å². The van der Waals surface area contributed by atoms with E-state index in [1.807, 2.05) is 0 Å². The number of piperidine rings is 2. The summed E-state index contributed by atoms with van der Waals surface area (Å²) in [4.78, 5) is 31.1. The van der Waals surface area contributed by atoms with Crippen LogP contribution in [0.3, 0.4) is 0 Å². The van der Waals surface area contributed by atoms with Gasteiger partial charge in [0, 0.05) is 60.9 Å². The van der Waals surface area contributed by atoms with Gasteiger partial charge in [-0.15, -0.1) is 0 Å². The van der Waals surface area contributed by atoms with Gasteiger partial charge in [0.15, 0.2) is 0 Å². The summed E-state index contributed by atoms with van der Waals surface area (Å²) in [5, 5.41) is 0. The highest BCUT2D eigenvalue weighted by Gasteiger charge is 2.48. The third-order valence-electron chi connectivity index (χ3n) is 10.8. The van der Waals surface area contributed by atoms with Crippen LogP contribution >= 0.6 is 0 Å². The van der Waals surface area contributed by atoms with E-state index in [0.717, 1.165) is 90.1 Å². The van der Waals surface area contributed by atoms with Gasteiger partial charge in [0.2, 0.25) is 0 Å². The molecule has 0 saturated carbocycles. The van der Waals surface area contributed by atoms with Crippen molar-refractivity contribution in [1.82, 2.24) is 9.80 Å². The summed E-state index contributed by atoms with van der Waals surface area (Å²) in [5.41, 5.74) is -0.398. The smallest absolute Gasteiger partial charge is 0.309 e. The van der Waals surface area contributed by atoms with Crippen molar-refractivity contribution in [2.75, 3.05) is 26.3 Å². The molecule has 2 atom stereocenters. The molecule has 0 aromatic heterocycles. The zero-order valence-corrected chi connectivity index (χ0v) is 31.6. The summed E-state index contributed by atoms with van der Waals surface area (Å²) in [6, 6.07) is 0. The van der Waals surface area contributed by atoms with Gasteiger partial charge < -0.3 is 14.2 Å². The van der Waals surface area contributed by atoms with Gasteiger partial charge in [0.25, 0.3) is 0 Å². The quantitative estimate of drug-likeness (QED) is 0.110. The predicted molar refractivity (Wildman–Crippen MR) is 185 cm³/mol. The molecule has 2 rings (SSSR count). The first-order valence-corrected chi connectivity index (χ1v) is 18.5. The molecule has 2 unspecified atom stereocenters. The van der Waals surface area contributed by atoms with Gasteiger partial charge in [0.05, 0.1) is 25.0 Å². The summed E-state index contributed by atoms with van der Waals surface area (Å²) in [6.07, 6.45) is 11.2. The van der Waals surface area contributed by atoms with Crippen molar-refractivity contribution < 1.29 is 23.8 Å². The van der Waals surface area contributed by atoms with E-state index in [1.165, 1.54) is 0 Å². The van der Waals surface area contributed by atoms with Crippen LogP contribution < -0.4 is 0 Å². The lowest BCUT2D eigenvalue weighted by Gasteiger charge is -2.55. The summed E-state index contributed by atoms with van der Waals surface area (Å²) in [6.45, 7) is 29.7. The molecule has 0 aromatic rings. The zero-order chi connectivity index (χ0) is 34.1. The molecule has 2 aliphatic heterocycles. The fourth-order valence-electron chi connectivity index (χ4n) is 8.64. The lowest BCUT2D eigenvalue weighted by Crippen LogP contribution is -2.63. The van der Waals surface area contributed by atoms with E-state index in [2.05, 4.69) is 92.9 Å². The van der Waals surface area contributed by atoms with Gasteiger partial charge in [-0.3, -0.25) is 19.4 Å². The van der Waals surface area contributed by atoms with Crippen LogP contribution in [-0.4, -0.2) is 82.4 Å². The first-order chi connectivity index (χ1) is 20.9. The van der Waals surface area contributed by atoms with Gasteiger partial charge >= 0.3 is 11.9 Å². The number of hydrogen-bond donors (Lipinski definition) is 0. The maximum atomic E-state index is 13.0. The Labute approximate surface area is 277 Å². The minimum Gasteiger partial charge on any atom is -0.462 e. The van der Waals surface area contributed by atoms with Crippen LogP contribution in [0.4, 0.5) is 0 Å². The highest BCUT2D eigenvalue weighted by Crippen LogP contribution is 2.41. The molecule has 0 aliphatic carbocycles. The molecule has 2 heterocycles. The average molecular weight is 637 g/mol. The van der Waals surface area contributed by atoms with Crippen molar-refractivity contribution in [2.24, 2.45) is 11.8 Å². The van der Waals surface area contributed by atoms with E-state index in [-0.39, 0.29) is 58.1 Å². The summed E-state index contributed by atoms with van der Waals surface area (Å²) >= 11 is 0. The molecule has 2 aliphatic rings. The minimum atomic E-state index is -0.0994. The molecular formula is C38H72N2O5. The van der Waals surface area contributed by atoms with Crippen molar-refractivity contribution in [3.05, 3.63) is 0 Å². The molecule has 2 saturated heterocycles. The Bertz CT molecular complexity index is 806. The molecule has 0 aromatic carbocycles. The van der Waals surface area contributed by atoms with Crippen LogP contribution in [0.1, 0.15) is 160 Å². The maximum Gasteiger partial charge on any atom is 0.309 e. The van der Waals surface area contributed by atoms with Crippen molar-refractivity contribution >= 4 is 11.9 Å². The van der Waals surface area contributed by atoms with Gasteiger partial charge in [0.1, 0.15) is 12.2 Å². The molecule has 264 valence electrons. The van der Waals surface area contributed by atoms with Gasteiger partial charge in [-0.05, 0) is 81.1 Å². The summed E-state index contributed by atoms with van der Waals surface area (Å²) < 4.78 is 18.6. The number of ether oxygens (including phenoxy) is 3. The number of esters is 2. The lowest BCUT2D eigenvalue weighted by molar-refractivity contribution is -0.166. The van der Waals surface area contributed by atoms with E-state index in [0.29, 0.717) is 13.2 Å². The van der Waals surface area contributed by atoms with Gasteiger partial charge in [-0.2, -0.15) is 0 Å². The average Bonchev–Trinajstić information content (AvgIpc) is 2.90. The van der Waals surface area contributed by atoms with Crippen LogP contribution in [0.2, 0.25) is 0 Å². The van der Waals surface area contributed by atoms with Crippen molar-refractivity contribution in [1.29, 1.82) is 0 Å². The summed E-state index contributed by atoms with van der Waals surface area (Å²) in [5.74, 6) is 0.0127. The minimum absolute atomic E-state index is 0.00972. The first-order valence-electron chi connectivity index (χ1n) is 18.5. The molecule has 0 spiro atoms. The number of nitrogens with zero attached hydrogens (tertiary/aromatic N) is 2. The molecule has 0 amide bonds. The lowest BCUT2D eigenvalue weighted by atomic mass is 9.78. The SMILES string of the molecule is CCCCC(CC)C(=O)OC1CC(C)(C)N(CCOCCN2C(C)(C)CC(OC(=O)C(CC)CCCC)CC2(C)C)C(C)(C)C1. The second-order valence-electron chi connectivity index (χ2n) is 16.6. The monoisotopic (exact) mass is 637 g/mol. The van der Waals surface area contributed by atoms with E-state index in [9.17, 15) is 9.59 Å². The van der Waals surface area contributed by atoms with Crippen LogP contribution in [-0.2, 0) is 23.8 Å². The normalized spacial score (nSPS) is 23.4. The first kappa shape index (κ1) is 40.0. The highest BCUT2D eigenvalue weighted by atomic mass is 16.5. The number of likely N-dealkylation sites (tertiary alicyclic amines) is 2. The molecule has 0 radical (unpaired) electrons. The standard InChI is InChI=1S/C38H72N2O5/c1-13-17-19-29(15-3)33(41)44-31-25-35(5,6)39(36(7,8)26-31)21-23-43-24-22-40-37(9,10)27-32(28-38(40,11)12)45-34(42)30(16-4)20-18-14-2/h29-32H,13-28H2,1-12H3. The van der Waals surface area contributed by atoms with Gasteiger partial charge in [-0.25, -0.2) is 0 Å². The van der Waals surface area contributed by atoms with Crippen LogP contribution in [0.5, 0.6) is 0 Å². The van der Waals surface area contributed by atoms with Crippen molar-refractivity contribution in [3.63, 3.8) is 0 Å². The van der Waals surface area contributed by atoms with Crippen LogP contribution in [0.15, 0.2) is 0 Å². The molecule has 45 heavy (non-hydrogen) atoms. The molecular weight excluding hydrogens is 564 g/mol. The number of carbonyl (C=O) groups is 2. The molecule has 7 nitrogen and oxygen atoms in total. The number of carbonyl (C=O) groups excluding carboxylic acids is 2. The molecule has 0 bridgehead atoms. The Morgan fingerprint density at radius 1 is 0.600 bits per heavy atom. The Balaban J connectivity index is 1.89. The maximum absolute atomic E-state index is 13.0. The van der Waals surface area contributed by atoms with E-state index in [4.69, 9.17) is 14.2 Å². The predicted octanol–water partition coefficient (Wildman–Crippen LogP) is 8.57. The third-order valence-corrected chi connectivity index (χ3v) is 10.8. The Morgan fingerprint density at radius 3 is 1.18 bits per heavy atom. The summed E-state index contributed by atoms with van der Waals surface area (Å²) in [7, 11) is 0. The second-order valence-corrected chi connectivity index (χ2v) is 16.6. The number of rotatable bonds is 18. The van der Waals surface area contributed by atoms with Crippen LogP contribution in [0.25, 0.3) is 0 Å².